The second-order valence-corrected chi connectivity index (χ2v) is 14.0. The van der Waals surface area contributed by atoms with E-state index in [1.807, 2.05) is 0 Å². The highest BCUT2D eigenvalue weighted by atomic mass is 32.1. The molecule has 6 N–H and O–H groups in total. The Kier molecular flexibility index (Phi) is 10.4. The average molecular weight is 772 g/mol. The summed E-state index contributed by atoms with van der Waals surface area (Å²) in [4.78, 5) is 67.7. The number of carboxylic acid groups (broad SMARTS) is 2. The maximum Gasteiger partial charge on any atom is 0.353 e. The third-order valence-corrected chi connectivity index (χ3v) is 11.0. The summed E-state index contributed by atoms with van der Waals surface area (Å²) < 4.78 is 22.2. The highest BCUT2D eigenvalue weighted by molar-refractivity contribution is 7.12. The normalized spacial score (nSPS) is 20.2. The molecule has 54 heavy (non-hydrogen) atoms. The van der Waals surface area contributed by atoms with Gasteiger partial charge in [-0.1, -0.05) is 24.3 Å². The van der Waals surface area contributed by atoms with Gasteiger partial charge in [0.2, 0.25) is 0 Å². The number of esters is 2. The van der Waals surface area contributed by atoms with Crippen LogP contribution in [0, 0.1) is 0 Å². The summed E-state index contributed by atoms with van der Waals surface area (Å²) in [7, 11) is 3.98. The third-order valence-electron chi connectivity index (χ3n) is 9.33. The summed E-state index contributed by atoms with van der Waals surface area (Å²) in [5.74, 6) is -8.26. The fraction of sp³-hybridized carbons (Fsp3) is 0.184. The summed E-state index contributed by atoms with van der Waals surface area (Å²) in [5.41, 5.74) is 1.99. The molecule has 2 atom stereocenters. The minimum absolute atomic E-state index is 0.000948. The van der Waals surface area contributed by atoms with Gasteiger partial charge in [-0.3, -0.25) is 9.59 Å². The molecule has 0 spiro atoms. The number of aliphatic carboxylic acids is 2. The molecular formula is C38H33N3O11S2. The summed E-state index contributed by atoms with van der Waals surface area (Å²) >= 11 is 2.33. The Morgan fingerprint density at radius 2 is 1.13 bits per heavy atom. The lowest BCUT2D eigenvalue weighted by Gasteiger charge is -2.64. The van der Waals surface area contributed by atoms with Crippen LogP contribution in [0.1, 0.15) is 52.7 Å². The van der Waals surface area contributed by atoms with Crippen LogP contribution in [-0.2, 0) is 9.59 Å². The van der Waals surface area contributed by atoms with Crippen LogP contribution in [0.4, 0.5) is 5.69 Å². The molecule has 2 unspecified atom stereocenters. The van der Waals surface area contributed by atoms with E-state index in [-0.39, 0.29) is 39.7 Å². The molecular weight excluding hydrogens is 739 g/mol. The van der Waals surface area contributed by atoms with Crippen molar-refractivity contribution in [2.45, 2.75) is 22.9 Å². The molecule has 278 valence electrons. The number of carbonyl (C=O) groups is 5. The van der Waals surface area contributed by atoms with E-state index in [0.717, 1.165) is 0 Å². The van der Waals surface area contributed by atoms with Crippen LogP contribution in [0.5, 0.6) is 23.0 Å². The van der Waals surface area contributed by atoms with Gasteiger partial charge in [0, 0.05) is 23.1 Å². The van der Waals surface area contributed by atoms with E-state index in [0.29, 0.717) is 15.4 Å². The number of nitrogen functional groups attached to an aromatic ring is 1. The van der Waals surface area contributed by atoms with Crippen molar-refractivity contribution in [3.05, 3.63) is 122 Å². The van der Waals surface area contributed by atoms with Crippen molar-refractivity contribution in [2.24, 2.45) is 0 Å². The molecule has 0 aliphatic heterocycles. The molecule has 16 heteroatoms. The van der Waals surface area contributed by atoms with Gasteiger partial charge in [-0.05, 0) is 89.6 Å². The van der Waals surface area contributed by atoms with E-state index in [9.17, 15) is 34.2 Å². The topological polar surface area (TPSA) is 213 Å². The van der Waals surface area contributed by atoms with Crippen molar-refractivity contribution in [1.29, 1.82) is 0 Å². The fourth-order valence-electron chi connectivity index (χ4n) is 6.97. The zero-order chi connectivity index (χ0) is 38.8. The first kappa shape index (κ1) is 37.5. The van der Waals surface area contributed by atoms with Crippen LogP contribution >= 0.6 is 22.7 Å². The molecule has 1 aliphatic rings. The van der Waals surface area contributed by atoms with Crippen LogP contribution in [0.3, 0.4) is 0 Å². The number of carboxylic acids is 2. The highest BCUT2D eigenvalue weighted by Gasteiger charge is 2.79. The minimum atomic E-state index is -2.37. The van der Waals surface area contributed by atoms with Gasteiger partial charge < -0.3 is 45.5 Å². The molecule has 14 nitrogen and oxygen atoms in total. The molecule has 1 fully saturated rings. The highest BCUT2D eigenvalue weighted by Crippen LogP contribution is 2.63. The minimum Gasteiger partial charge on any atom is -0.493 e. The van der Waals surface area contributed by atoms with Crippen LogP contribution in [-0.4, -0.2) is 72.3 Å². The molecule has 1 aliphatic carbocycles. The largest absolute Gasteiger partial charge is 0.493 e. The second-order valence-electron chi connectivity index (χ2n) is 12.1. The van der Waals surface area contributed by atoms with Gasteiger partial charge in [-0.15, -0.1) is 22.7 Å². The van der Waals surface area contributed by atoms with Gasteiger partial charge in [-0.25, -0.2) is 14.4 Å². The van der Waals surface area contributed by atoms with Crippen molar-refractivity contribution in [1.82, 2.24) is 10.6 Å². The lowest BCUT2D eigenvalue weighted by molar-refractivity contribution is -0.171. The van der Waals surface area contributed by atoms with Gasteiger partial charge in [0.05, 0.1) is 14.2 Å². The summed E-state index contributed by atoms with van der Waals surface area (Å²) in [5, 5.41) is 31.3. The lowest BCUT2D eigenvalue weighted by Crippen LogP contribution is -2.85. The molecule has 1 amide bonds. The smallest absolute Gasteiger partial charge is 0.353 e. The summed E-state index contributed by atoms with van der Waals surface area (Å²) in [6.07, 6.45) is 0. The first-order chi connectivity index (χ1) is 25.9. The van der Waals surface area contributed by atoms with Crippen molar-refractivity contribution in [2.75, 3.05) is 27.0 Å². The SMILES string of the molecule is CNC1(C(=O)O)C(c2ccc(OC(=O)c3cccs3)c(OC)c2)C(NC(=O)c2ccc(N)cc2)(C(=O)O)C1c1ccc(OC(=O)c2cccs2)c(OC)c1. The predicted molar refractivity (Wildman–Crippen MR) is 198 cm³/mol. The van der Waals surface area contributed by atoms with Crippen molar-refractivity contribution in [3.63, 3.8) is 0 Å². The molecule has 6 rings (SSSR count). The van der Waals surface area contributed by atoms with Crippen LogP contribution in [0.25, 0.3) is 0 Å². The zero-order valence-corrected chi connectivity index (χ0v) is 30.5. The number of thiophene rings is 2. The lowest BCUT2D eigenvalue weighted by atomic mass is 9.43. The number of carbonyl (C=O) groups excluding carboxylic acids is 3. The van der Waals surface area contributed by atoms with Crippen LogP contribution in [0.2, 0.25) is 0 Å². The summed E-state index contributed by atoms with van der Waals surface area (Å²) in [6, 6.07) is 20.6. The van der Waals surface area contributed by atoms with E-state index in [1.54, 1.807) is 35.0 Å². The second kappa shape index (κ2) is 15.0. The number of nitrogens with one attached hydrogen (secondary N) is 2. The maximum absolute atomic E-state index is 14.0. The van der Waals surface area contributed by atoms with E-state index in [4.69, 9.17) is 24.7 Å². The summed E-state index contributed by atoms with van der Waals surface area (Å²) in [6.45, 7) is 0. The molecule has 0 radical (unpaired) electrons. The number of rotatable bonds is 13. The Bertz CT molecular complexity index is 2110. The number of benzene rings is 3. The number of ether oxygens (including phenoxy) is 4. The Morgan fingerprint density at radius 3 is 1.50 bits per heavy atom. The molecule has 0 saturated heterocycles. The van der Waals surface area contributed by atoms with E-state index in [1.165, 1.54) is 105 Å². The van der Waals surface area contributed by atoms with Gasteiger partial charge in [0.25, 0.3) is 5.91 Å². The van der Waals surface area contributed by atoms with Gasteiger partial charge in [-0.2, -0.15) is 0 Å². The Balaban J connectivity index is 1.51. The first-order valence-electron chi connectivity index (χ1n) is 16.1. The average Bonchev–Trinajstić information content (AvgIpc) is 3.90. The molecule has 2 aromatic heterocycles. The Hall–Kier alpha value is -6.23. The first-order valence-corrected chi connectivity index (χ1v) is 17.9. The standard InChI is InChI=1S/C38H33N3O11S2/c1-40-37(35(45)46)30(21-10-14-24(26(18-21)49-2)51-33(43)28-6-4-16-53-28)38(36(47)48,41-32(42)20-8-12-23(39)13-9-20)31(37)22-11-15-25(27(19-22)50-3)52-34(44)29-7-5-17-54-29/h4-19,30-31,40H,39H2,1-3H3,(H,41,42)(H,45,46)(H,47,48). The van der Waals surface area contributed by atoms with E-state index in [2.05, 4.69) is 10.6 Å². The number of methoxy groups -OCH3 is 2. The number of hydrogen-bond donors (Lipinski definition) is 5. The predicted octanol–water partition coefficient (Wildman–Crippen LogP) is 5.02. The zero-order valence-electron chi connectivity index (χ0n) is 28.9. The number of likely N-dealkylation sites (N-methyl/N-ethyl adjacent to an activating group) is 1. The number of hydrogen-bond acceptors (Lipinski definition) is 13. The maximum atomic E-state index is 14.0. The van der Waals surface area contributed by atoms with Crippen molar-refractivity contribution in [3.8, 4) is 23.0 Å². The Morgan fingerprint density at radius 1 is 0.667 bits per heavy atom. The molecule has 5 aromatic rings. The van der Waals surface area contributed by atoms with Gasteiger partial charge in [0.1, 0.15) is 15.3 Å². The third kappa shape index (κ3) is 6.40. The van der Waals surface area contributed by atoms with Crippen molar-refractivity contribution < 1.29 is 53.1 Å². The van der Waals surface area contributed by atoms with E-state index >= 15 is 0 Å². The molecule has 2 heterocycles. The van der Waals surface area contributed by atoms with Crippen LogP contribution in [0.15, 0.2) is 95.7 Å². The van der Waals surface area contributed by atoms with Crippen LogP contribution < -0.4 is 35.3 Å². The number of anilines is 1. The van der Waals surface area contributed by atoms with E-state index < -0.39 is 52.7 Å². The van der Waals surface area contributed by atoms with Gasteiger partial charge >= 0.3 is 23.9 Å². The Labute approximate surface area is 316 Å². The number of nitrogens with two attached hydrogens (primary N) is 1. The monoisotopic (exact) mass is 771 g/mol. The number of amides is 1. The fourth-order valence-corrected chi connectivity index (χ4v) is 8.17. The van der Waals surface area contributed by atoms with Crippen molar-refractivity contribution >= 4 is 58.1 Å². The molecule has 0 bridgehead atoms. The molecule has 3 aromatic carbocycles. The quantitative estimate of drug-likeness (QED) is 0.0605. The molecule has 1 saturated carbocycles. The van der Waals surface area contributed by atoms with Gasteiger partial charge in [0.15, 0.2) is 28.5 Å².